The second-order valence-electron chi connectivity index (χ2n) is 3.12. The van der Waals surface area contributed by atoms with Crippen molar-refractivity contribution in [3.63, 3.8) is 0 Å². The van der Waals surface area contributed by atoms with Crippen LogP contribution in [0.1, 0.15) is 34.1 Å². The number of hydrogen-bond donors (Lipinski definition) is 1. The van der Waals surface area contributed by atoms with Gasteiger partial charge in [0, 0.05) is 12.3 Å². The van der Waals surface area contributed by atoms with Crippen LogP contribution >= 0.6 is 0 Å². The van der Waals surface area contributed by atoms with Gasteiger partial charge in [-0.05, 0) is 20.8 Å². The van der Waals surface area contributed by atoms with E-state index in [2.05, 4.69) is 5.87 Å². The van der Waals surface area contributed by atoms with E-state index in [1.165, 1.54) is 0 Å². The third-order valence-corrected chi connectivity index (χ3v) is 0.890. The average Bonchev–Trinajstić information content (AvgIpc) is 1.81. The average molecular weight is 141 g/mol. The number of ether oxygens (including phenoxy) is 1. The highest BCUT2D eigenvalue weighted by atomic mass is 16.5. The molecule has 0 fully saturated rings. The first-order chi connectivity index (χ1) is 4.49. The maximum atomic E-state index is 6.83. The first-order valence-corrected chi connectivity index (χ1v) is 3.47. The molecule has 0 aliphatic heterocycles. The van der Waals surface area contributed by atoms with Crippen LogP contribution in [0.2, 0.25) is 0 Å². The van der Waals surface area contributed by atoms with E-state index in [9.17, 15) is 0 Å². The summed E-state index contributed by atoms with van der Waals surface area (Å²) in [5.41, 5.74) is -0.195. The highest BCUT2D eigenvalue weighted by Gasteiger charge is 2.11. The third-order valence-electron chi connectivity index (χ3n) is 0.890. The van der Waals surface area contributed by atoms with E-state index in [0.717, 1.165) is 6.42 Å². The zero-order valence-corrected chi connectivity index (χ0v) is 7.12. The van der Waals surface area contributed by atoms with Crippen LogP contribution in [-0.4, -0.2) is 11.5 Å². The van der Waals surface area contributed by atoms with Crippen LogP contribution in [0, 0.1) is 5.41 Å². The van der Waals surface area contributed by atoms with Gasteiger partial charge >= 0.3 is 0 Å². The molecule has 0 aromatic rings. The van der Waals surface area contributed by atoms with E-state index >= 15 is 0 Å². The minimum Gasteiger partial charge on any atom is -0.483 e. The van der Waals surface area contributed by atoms with E-state index in [4.69, 9.17) is 10.1 Å². The maximum Gasteiger partial charge on any atom is 0.157 e. The predicted octanol–water partition coefficient (Wildman–Crippen LogP) is 2.34. The normalized spacial score (nSPS) is 10.4. The van der Waals surface area contributed by atoms with Crippen molar-refractivity contribution in [3.8, 4) is 0 Å². The van der Waals surface area contributed by atoms with E-state index in [1.807, 2.05) is 27.7 Å². The van der Waals surface area contributed by atoms with Gasteiger partial charge in [-0.25, -0.2) is 0 Å². The van der Waals surface area contributed by atoms with Gasteiger partial charge in [0.25, 0.3) is 0 Å². The molecule has 0 atom stereocenters. The lowest BCUT2D eigenvalue weighted by Gasteiger charge is -2.20. The first-order valence-electron chi connectivity index (χ1n) is 3.47. The van der Waals surface area contributed by atoms with Crippen molar-refractivity contribution in [2.24, 2.45) is 0 Å². The molecule has 0 aliphatic carbocycles. The van der Waals surface area contributed by atoms with Gasteiger partial charge in [-0.15, -0.1) is 0 Å². The standard InChI is InChI=1S/C8H15NO/c1-5-7(6-9)10-8(2,3)4/h9H,5H2,1-4H3. The van der Waals surface area contributed by atoms with Crippen LogP contribution in [0.25, 0.3) is 0 Å². The van der Waals surface area contributed by atoms with E-state index in [1.54, 1.807) is 0 Å². The number of nitrogens with one attached hydrogen (secondary N) is 1. The fourth-order valence-electron chi connectivity index (χ4n) is 0.556. The summed E-state index contributed by atoms with van der Waals surface area (Å²) in [6, 6.07) is 0. The lowest BCUT2D eigenvalue weighted by molar-refractivity contribution is 0.0515. The molecular weight excluding hydrogens is 126 g/mol. The van der Waals surface area contributed by atoms with Gasteiger partial charge in [0.2, 0.25) is 0 Å². The second-order valence-corrected chi connectivity index (χ2v) is 3.12. The van der Waals surface area contributed by atoms with Crippen LogP contribution in [0.3, 0.4) is 0 Å². The third kappa shape index (κ3) is 4.16. The second kappa shape index (κ2) is 3.43. The van der Waals surface area contributed by atoms with E-state index in [-0.39, 0.29) is 5.60 Å². The van der Waals surface area contributed by atoms with Gasteiger partial charge in [-0.1, -0.05) is 6.92 Å². The predicted molar refractivity (Wildman–Crippen MR) is 42.4 cm³/mol. The Morgan fingerprint density at radius 1 is 1.50 bits per heavy atom. The largest absolute Gasteiger partial charge is 0.483 e. The van der Waals surface area contributed by atoms with Gasteiger partial charge in [0.05, 0.1) is 0 Å². The fraction of sp³-hybridized carbons (Fsp3) is 0.750. The number of hydrogen-bond acceptors (Lipinski definition) is 2. The van der Waals surface area contributed by atoms with Crippen molar-refractivity contribution in [1.29, 1.82) is 5.41 Å². The van der Waals surface area contributed by atoms with Crippen LogP contribution in [-0.2, 0) is 4.74 Å². The Balaban J connectivity index is 4.01. The topological polar surface area (TPSA) is 33.1 Å². The molecule has 10 heavy (non-hydrogen) atoms. The van der Waals surface area contributed by atoms with Gasteiger partial charge in [0.15, 0.2) is 5.76 Å². The SMILES string of the molecule is CCC(=C=N)OC(C)(C)C. The van der Waals surface area contributed by atoms with Gasteiger partial charge in [-0.2, -0.15) is 0 Å². The minimum atomic E-state index is -0.195. The molecule has 1 N–H and O–H groups in total. The summed E-state index contributed by atoms with van der Waals surface area (Å²) < 4.78 is 5.35. The highest BCUT2D eigenvalue weighted by molar-refractivity contribution is 5.51. The molecule has 0 aliphatic rings. The summed E-state index contributed by atoms with van der Waals surface area (Å²) in [5, 5.41) is 6.83. The lowest BCUT2D eigenvalue weighted by atomic mass is 10.2. The van der Waals surface area contributed by atoms with Crippen molar-refractivity contribution >= 4 is 5.87 Å². The zero-order chi connectivity index (χ0) is 8.20. The quantitative estimate of drug-likeness (QED) is 0.464. The van der Waals surface area contributed by atoms with Crippen LogP contribution < -0.4 is 0 Å². The smallest absolute Gasteiger partial charge is 0.157 e. The van der Waals surface area contributed by atoms with Crippen LogP contribution in [0.4, 0.5) is 0 Å². The molecule has 2 nitrogen and oxygen atoms in total. The maximum absolute atomic E-state index is 6.83. The monoisotopic (exact) mass is 141 g/mol. The molecule has 2 heteroatoms. The lowest BCUT2D eigenvalue weighted by Crippen LogP contribution is -2.18. The first kappa shape index (κ1) is 9.25. The zero-order valence-electron chi connectivity index (χ0n) is 7.12. The molecule has 0 aromatic heterocycles. The molecule has 0 saturated heterocycles. The fourth-order valence-corrected chi connectivity index (χ4v) is 0.556. The molecule has 0 heterocycles. The Bertz CT molecular complexity index is 149. The molecule has 0 unspecified atom stereocenters. The van der Waals surface area contributed by atoms with Gasteiger partial charge < -0.3 is 4.74 Å². The molecule has 0 amide bonds. The summed E-state index contributed by atoms with van der Waals surface area (Å²) in [6.45, 7) is 7.82. The van der Waals surface area contributed by atoms with E-state index in [0.29, 0.717) is 5.76 Å². The molecule has 0 aromatic carbocycles. The number of rotatable bonds is 2. The van der Waals surface area contributed by atoms with Crippen molar-refractivity contribution in [1.82, 2.24) is 0 Å². The van der Waals surface area contributed by atoms with Crippen LogP contribution in [0.5, 0.6) is 0 Å². The summed E-state index contributed by atoms with van der Waals surface area (Å²) >= 11 is 0. The summed E-state index contributed by atoms with van der Waals surface area (Å²) in [7, 11) is 0. The van der Waals surface area contributed by atoms with Crippen molar-refractivity contribution in [2.45, 2.75) is 39.7 Å². The van der Waals surface area contributed by atoms with Crippen molar-refractivity contribution in [3.05, 3.63) is 5.76 Å². The molecule has 0 spiro atoms. The Hall–Kier alpha value is -0.750. The molecule has 0 rings (SSSR count). The molecule has 0 saturated carbocycles. The Morgan fingerprint density at radius 3 is 2.10 bits per heavy atom. The van der Waals surface area contributed by atoms with Crippen molar-refractivity contribution < 1.29 is 4.74 Å². The Kier molecular flexibility index (Phi) is 3.17. The van der Waals surface area contributed by atoms with E-state index < -0.39 is 0 Å². The van der Waals surface area contributed by atoms with Gasteiger partial charge in [-0.3, -0.25) is 5.41 Å². The Labute approximate surface area is 62.4 Å². The highest BCUT2D eigenvalue weighted by Crippen LogP contribution is 2.13. The summed E-state index contributed by atoms with van der Waals surface area (Å²) in [6.07, 6.45) is 0.737. The van der Waals surface area contributed by atoms with Crippen LogP contribution in [0.15, 0.2) is 5.76 Å². The molecule has 58 valence electrons. The van der Waals surface area contributed by atoms with Gasteiger partial charge in [0.1, 0.15) is 5.60 Å². The summed E-state index contributed by atoms with van der Waals surface area (Å²) in [4.78, 5) is 0. The molecule has 0 radical (unpaired) electrons. The van der Waals surface area contributed by atoms with Crippen molar-refractivity contribution in [2.75, 3.05) is 0 Å². The molecular formula is C8H15NO. The minimum absolute atomic E-state index is 0.195. The Morgan fingerprint density at radius 2 is 2.00 bits per heavy atom. The molecule has 0 bridgehead atoms. The number of allylic oxidation sites excluding steroid dienone is 1. The summed E-state index contributed by atoms with van der Waals surface area (Å²) in [5.74, 6) is 2.87.